The number of Topliss-reactive ketones (excluding diaryl/α,β-unsaturated/α-hetero) is 1. The summed E-state index contributed by atoms with van der Waals surface area (Å²) in [7, 11) is 0. The van der Waals surface area contributed by atoms with Gasteiger partial charge >= 0.3 is 0 Å². The maximum atomic E-state index is 13.3. The topological polar surface area (TPSA) is 89.2 Å². The third-order valence-electron chi connectivity index (χ3n) is 6.74. The van der Waals surface area contributed by atoms with Gasteiger partial charge < -0.3 is 23.9 Å². The summed E-state index contributed by atoms with van der Waals surface area (Å²) in [5.41, 5.74) is 3.32. The van der Waals surface area contributed by atoms with Gasteiger partial charge in [0.1, 0.15) is 29.6 Å². The number of amides is 1. The van der Waals surface area contributed by atoms with Crippen LogP contribution in [0.15, 0.2) is 101 Å². The third kappa shape index (κ3) is 5.43. The number of likely N-dealkylation sites (tertiary alicyclic amines) is 1. The molecule has 1 aromatic heterocycles. The van der Waals surface area contributed by atoms with Crippen molar-refractivity contribution in [1.29, 1.82) is 0 Å². The van der Waals surface area contributed by atoms with E-state index in [2.05, 4.69) is 0 Å². The molecule has 7 heteroatoms. The second-order valence-electron chi connectivity index (χ2n) is 9.25. The zero-order valence-electron chi connectivity index (χ0n) is 21.8. The quantitative estimate of drug-likeness (QED) is 0.160. The molecule has 7 nitrogen and oxygen atoms in total. The minimum absolute atomic E-state index is 0.0179. The lowest BCUT2D eigenvalue weighted by atomic mass is 9.95. The Balaban J connectivity index is 1.47. The standard InChI is InChI=1S/C32H29NO6/c1-3-37-25-14-10-22(11-15-25)29-28(31(35)32(36)33(29)19-27-9-6-18-38-27)30(34)23-12-16-26(17-13-23)39-20-24-8-5-4-7-21(24)2/h4-18,29,34H,3,19-20H2,1-2H3. The molecule has 3 aromatic carbocycles. The maximum absolute atomic E-state index is 13.3. The third-order valence-corrected chi connectivity index (χ3v) is 6.74. The molecule has 1 N–H and O–H groups in total. The first kappa shape index (κ1) is 25.9. The van der Waals surface area contributed by atoms with Crippen molar-refractivity contribution in [2.24, 2.45) is 0 Å². The smallest absolute Gasteiger partial charge is 0.296 e. The number of furan rings is 1. The van der Waals surface area contributed by atoms with Crippen LogP contribution < -0.4 is 9.47 Å². The van der Waals surface area contributed by atoms with E-state index in [1.807, 2.05) is 38.1 Å². The number of hydrogen-bond acceptors (Lipinski definition) is 6. The maximum Gasteiger partial charge on any atom is 0.296 e. The summed E-state index contributed by atoms with van der Waals surface area (Å²) in [6.45, 7) is 4.93. The lowest BCUT2D eigenvalue weighted by Gasteiger charge is -2.24. The van der Waals surface area contributed by atoms with E-state index in [0.717, 1.165) is 11.1 Å². The fourth-order valence-electron chi connectivity index (χ4n) is 4.67. The van der Waals surface area contributed by atoms with Gasteiger partial charge in [-0.1, -0.05) is 36.4 Å². The molecule has 5 rings (SSSR count). The van der Waals surface area contributed by atoms with Gasteiger partial charge in [-0.05, 0) is 79.1 Å². The van der Waals surface area contributed by atoms with Crippen molar-refractivity contribution in [2.75, 3.05) is 6.61 Å². The van der Waals surface area contributed by atoms with Crippen molar-refractivity contribution in [3.05, 3.63) is 125 Å². The number of carbonyl (C=O) groups excluding carboxylic acids is 2. The number of benzene rings is 3. The molecule has 39 heavy (non-hydrogen) atoms. The van der Waals surface area contributed by atoms with Gasteiger partial charge in [0.15, 0.2) is 0 Å². The molecule has 0 saturated carbocycles. The summed E-state index contributed by atoms with van der Waals surface area (Å²) in [6.07, 6.45) is 1.51. The number of hydrogen-bond donors (Lipinski definition) is 1. The second-order valence-corrected chi connectivity index (χ2v) is 9.25. The van der Waals surface area contributed by atoms with E-state index in [0.29, 0.717) is 41.6 Å². The number of aliphatic hydroxyl groups is 1. The lowest BCUT2D eigenvalue weighted by molar-refractivity contribution is -0.140. The van der Waals surface area contributed by atoms with Crippen molar-refractivity contribution in [3.8, 4) is 11.5 Å². The Morgan fingerprint density at radius 2 is 1.59 bits per heavy atom. The molecule has 1 amide bonds. The molecule has 4 aromatic rings. The number of aliphatic hydroxyl groups excluding tert-OH is 1. The molecule has 0 spiro atoms. The fraction of sp³-hybridized carbons (Fsp3) is 0.188. The van der Waals surface area contributed by atoms with Gasteiger partial charge in [-0.2, -0.15) is 0 Å². The summed E-state index contributed by atoms with van der Waals surface area (Å²) in [6, 6.07) is 24.6. The van der Waals surface area contributed by atoms with Gasteiger partial charge in [-0.25, -0.2) is 0 Å². The average molecular weight is 524 g/mol. The number of ketones is 1. The highest BCUT2D eigenvalue weighted by Gasteiger charge is 2.46. The van der Waals surface area contributed by atoms with Gasteiger partial charge in [-0.3, -0.25) is 9.59 Å². The zero-order valence-corrected chi connectivity index (χ0v) is 21.8. The van der Waals surface area contributed by atoms with Crippen LogP contribution >= 0.6 is 0 Å². The molecular weight excluding hydrogens is 494 g/mol. The number of nitrogens with zero attached hydrogens (tertiary/aromatic N) is 1. The SMILES string of the molecule is CCOc1ccc(C2C(=C(O)c3ccc(OCc4ccccc4C)cc3)C(=O)C(=O)N2Cc2ccco2)cc1. The van der Waals surface area contributed by atoms with Crippen LogP contribution in [0.1, 0.15) is 41.0 Å². The molecule has 1 aliphatic heterocycles. The molecule has 2 heterocycles. The normalized spacial score (nSPS) is 16.5. The molecule has 0 bridgehead atoms. The number of aryl methyl sites for hydroxylation is 1. The number of carbonyl (C=O) groups is 2. The van der Waals surface area contributed by atoms with E-state index in [9.17, 15) is 14.7 Å². The molecule has 1 fully saturated rings. The molecular formula is C32H29NO6. The van der Waals surface area contributed by atoms with Crippen LogP contribution in [0.25, 0.3) is 5.76 Å². The lowest BCUT2D eigenvalue weighted by Crippen LogP contribution is -2.29. The van der Waals surface area contributed by atoms with Crippen LogP contribution in [-0.4, -0.2) is 28.3 Å². The van der Waals surface area contributed by atoms with E-state index in [4.69, 9.17) is 13.9 Å². The van der Waals surface area contributed by atoms with Gasteiger partial charge in [0, 0.05) is 5.56 Å². The number of ether oxygens (including phenoxy) is 2. The first-order chi connectivity index (χ1) is 19.0. The van der Waals surface area contributed by atoms with Crippen molar-refractivity contribution in [1.82, 2.24) is 4.90 Å². The first-order valence-corrected chi connectivity index (χ1v) is 12.8. The van der Waals surface area contributed by atoms with Crippen LogP contribution in [0.5, 0.6) is 11.5 Å². The van der Waals surface area contributed by atoms with Crippen molar-refractivity contribution < 1.29 is 28.6 Å². The summed E-state index contributed by atoms with van der Waals surface area (Å²) in [5, 5.41) is 11.3. The van der Waals surface area contributed by atoms with Crippen molar-refractivity contribution >= 4 is 17.4 Å². The highest BCUT2D eigenvalue weighted by molar-refractivity contribution is 6.46. The highest BCUT2D eigenvalue weighted by Crippen LogP contribution is 2.41. The Labute approximate surface area is 226 Å². The number of rotatable bonds is 9. The Morgan fingerprint density at radius 3 is 2.26 bits per heavy atom. The van der Waals surface area contributed by atoms with E-state index >= 15 is 0 Å². The van der Waals surface area contributed by atoms with Gasteiger partial charge in [-0.15, -0.1) is 0 Å². The molecule has 1 saturated heterocycles. The van der Waals surface area contributed by atoms with E-state index in [1.165, 1.54) is 11.2 Å². The molecule has 1 aliphatic rings. The van der Waals surface area contributed by atoms with Gasteiger partial charge in [0.05, 0.1) is 31.0 Å². The summed E-state index contributed by atoms with van der Waals surface area (Å²) in [4.78, 5) is 27.9. The van der Waals surface area contributed by atoms with Gasteiger partial charge in [0.25, 0.3) is 11.7 Å². The Bertz CT molecular complexity index is 1490. The van der Waals surface area contributed by atoms with Crippen molar-refractivity contribution in [3.63, 3.8) is 0 Å². The average Bonchev–Trinajstić information content (AvgIpc) is 3.56. The summed E-state index contributed by atoms with van der Waals surface area (Å²) in [5.74, 6) is 0.118. The Morgan fingerprint density at radius 1 is 0.897 bits per heavy atom. The summed E-state index contributed by atoms with van der Waals surface area (Å²) < 4.78 is 16.9. The zero-order chi connectivity index (χ0) is 27.4. The van der Waals surface area contributed by atoms with E-state index < -0.39 is 17.7 Å². The molecule has 1 atom stereocenters. The Kier molecular flexibility index (Phi) is 7.50. The molecule has 0 aliphatic carbocycles. The minimum Gasteiger partial charge on any atom is -0.507 e. The van der Waals surface area contributed by atoms with Crippen LogP contribution in [-0.2, 0) is 22.7 Å². The highest BCUT2D eigenvalue weighted by atomic mass is 16.5. The monoisotopic (exact) mass is 523 g/mol. The molecule has 0 radical (unpaired) electrons. The van der Waals surface area contributed by atoms with Crippen LogP contribution in [0.4, 0.5) is 0 Å². The van der Waals surface area contributed by atoms with E-state index in [-0.39, 0.29) is 17.9 Å². The van der Waals surface area contributed by atoms with Gasteiger partial charge in [0.2, 0.25) is 0 Å². The second kappa shape index (κ2) is 11.3. The predicted molar refractivity (Wildman–Crippen MR) is 146 cm³/mol. The minimum atomic E-state index is -0.803. The Hall–Kier alpha value is -4.78. The van der Waals surface area contributed by atoms with Crippen LogP contribution in [0.3, 0.4) is 0 Å². The predicted octanol–water partition coefficient (Wildman–Crippen LogP) is 6.19. The van der Waals surface area contributed by atoms with Crippen LogP contribution in [0.2, 0.25) is 0 Å². The molecule has 1 unspecified atom stereocenters. The largest absolute Gasteiger partial charge is 0.507 e. The van der Waals surface area contributed by atoms with Crippen molar-refractivity contribution in [2.45, 2.75) is 33.0 Å². The van der Waals surface area contributed by atoms with Crippen LogP contribution in [0, 0.1) is 6.92 Å². The first-order valence-electron chi connectivity index (χ1n) is 12.8. The van der Waals surface area contributed by atoms with E-state index in [1.54, 1.807) is 60.7 Å². The summed E-state index contributed by atoms with van der Waals surface area (Å²) >= 11 is 0. The fourth-order valence-corrected chi connectivity index (χ4v) is 4.67. The molecule has 198 valence electrons.